The van der Waals surface area contributed by atoms with Crippen molar-refractivity contribution in [1.82, 2.24) is 10.2 Å². The molecule has 0 aromatic heterocycles. The highest BCUT2D eigenvalue weighted by molar-refractivity contribution is 5.15. The fourth-order valence-corrected chi connectivity index (χ4v) is 3.45. The van der Waals surface area contributed by atoms with Crippen LogP contribution in [-0.2, 0) is 6.54 Å². The molecule has 0 aliphatic carbocycles. The molecule has 17 heavy (non-hydrogen) atoms. The number of likely N-dealkylation sites (tertiary alicyclic amines) is 1. The van der Waals surface area contributed by atoms with E-state index >= 15 is 0 Å². The van der Waals surface area contributed by atoms with Crippen LogP contribution >= 0.6 is 0 Å². The third-order valence-electron chi connectivity index (χ3n) is 4.65. The average molecular weight is 230 g/mol. The fourth-order valence-electron chi connectivity index (χ4n) is 3.45. The third-order valence-corrected chi connectivity index (χ3v) is 4.65. The lowest BCUT2D eigenvalue weighted by molar-refractivity contribution is 0.124. The van der Waals surface area contributed by atoms with Crippen LogP contribution in [0.15, 0.2) is 30.3 Å². The first kappa shape index (κ1) is 11.2. The minimum atomic E-state index is 0.556. The number of nitrogens with zero attached hydrogens (tertiary/aromatic N) is 1. The van der Waals surface area contributed by atoms with Crippen molar-refractivity contribution in [1.29, 1.82) is 0 Å². The first-order chi connectivity index (χ1) is 8.28. The van der Waals surface area contributed by atoms with Gasteiger partial charge in [-0.05, 0) is 36.9 Å². The fraction of sp³-hybridized carbons (Fsp3) is 0.600. The van der Waals surface area contributed by atoms with E-state index in [-0.39, 0.29) is 0 Å². The Bertz CT molecular complexity index is 376. The maximum Gasteiger partial charge on any atom is 0.0278 e. The summed E-state index contributed by atoms with van der Waals surface area (Å²) in [5.74, 6) is 0. The molecule has 2 aliphatic rings. The van der Waals surface area contributed by atoms with Crippen molar-refractivity contribution >= 4 is 0 Å². The largest absolute Gasteiger partial charge is 0.315 e. The van der Waals surface area contributed by atoms with Gasteiger partial charge in [0.05, 0.1) is 0 Å². The van der Waals surface area contributed by atoms with Crippen molar-refractivity contribution in [2.45, 2.75) is 32.4 Å². The molecular weight excluding hydrogens is 208 g/mol. The number of benzene rings is 1. The van der Waals surface area contributed by atoms with E-state index in [4.69, 9.17) is 0 Å². The summed E-state index contributed by atoms with van der Waals surface area (Å²) in [7, 11) is 0. The van der Waals surface area contributed by atoms with Gasteiger partial charge in [0.25, 0.3) is 0 Å². The number of piperidine rings is 1. The molecule has 0 bridgehead atoms. The molecule has 1 aromatic carbocycles. The monoisotopic (exact) mass is 230 g/mol. The van der Waals surface area contributed by atoms with Crippen LogP contribution in [0.5, 0.6) is 0 Å². The van der Waals surface area contributed by atoms with Crippen molar-refractivity contribution < 1.29 is 0 Å². The average Bonchev–Trinajstić information content (AvgIpc) is 2.68. The highest BCUT2D eigenvalue weighted by atomic mass is 15.2. The SMILES string of the molecule is CC12CCNCC1N(Cc1ccccc1)CC2. The predicted octanol–water partition coefficient (Wildman–Crippen LogP) is 2.26. The number of rotatable bonds is 2. The highest BCUT2D eigenvalue weighted by Crippen LogP contribution is 2.41. The Morgan fingerprint density at radius 3 is 2.94 bits per heavy atom. The molecule has 2 fully saturated rings. The Morgan fingerprint density at radius 2 is 2.12 bits per heavy atom. The lowest BCUT2D eigenvalue weighted by atomic mass is 9.77. The van der Waals surface area contributed by atoms with Crippen molar-refractivity contribution in [3.8, 4) is 0 Å². The molecule has 1 N–H and O–H groups in total. The van der Waals surface area contributed by atoms with Gasteiger partial charge in [0, 0.05) is 19.1 Å². The minimum Gasteiger partial charge on any atom is -0.315 e. The zero-order valence-electron chi connectivity index (χ0n) is 10.7. The van der Waals surface area contributed by atoms with Gasteiger partial charge in [-0.3, -0.25) is 4.90 Å². The lowest BCUT2D eigenvalue weighted by Gasteiger charge is -2.39. The Labute approximate surface area is 104 Å². The van der Waals surface area contributed by atoms with Crippen LogP contribution in [0.3, 0.4) is 0 Å². The maximum atomic E-state index is 3.56. The topological polar surface area (TPSA) is 15.3 Å². The van der Waals surface area contributed by atoms with E-state index in [0.717, 1.165) is 12.6 Å². The lowest BCUT2D eigenvalue weighted by Crippen LogP contribution is -2.50. The van der Waals surface area contributed by atoms with E-state index < -0.39 is 0 Å². The Hall–Kier alpha value is -0.860. The van der Waals surface area contributed by atoms with Gasteiger partial charge in [-0.15, -0.1) is 0 Å². The Morgan fingerprint density at radius 1 is 1.29 bits per heavy atom. The second-order valence-electron chi connectivity index (χ2n) is 5.83. The Kier molecular flexibility index (Phi) is 2.93. The number of fused-ring (bicyclic) bond motifs is 1. The molecule has 0 radical (unpaired) electrons. The van der Waals surface area contributed by atoms with Crippen LogP contribution in [-0.4, -0.2) is 30.6 Å². The summed E-state index contributed by atoms with van der Waals surface area (Å²) in [6.45, 7) is 7.22. The molecule has 2 atom stereocenters. The zero-order valence-corrected chi connectivity index (χ0v) is 10.7. The smallest absolute Gasteiger partial charge is 0.0278 e. The van der Waals surface area contributed by atoms with Crippen LogP contribution in [0.2, 0.25) is 0 Å². The van der Waals surface area contributed by atoms with Gasteiger partial charge in [0.15, 0.2) is 0 Å². The second kappa shape index (κ2) is 4.43. The van der Waals surface area contributed by atoms with Gasteiger partial charge in [0.1, 0.15) is 0 Å². The van der Waals surface area contributed by atoms with E-state index in [0.29, 0.717) is 5.41 Å². The molecule has 2 nitrogen and oxygen atoms in total. The van der Waals surface area contributed by atoms with Crippen LogP contribution in [0, 0.1) is 5.41 Å². The summed E-state index contributed by atoms with van der Waals surface area (Å²) in [4.78, 5) is 2.67. The van der Waals surface area contributed by atoms with Crippen molar-refractivity contribution in [2.75, 3.05) is 19.6 Å². The number of nitrogens with one attached hydrogen (secondary N) is 1. The van der Waals surface area contributed by atoms with E-state index in [2.05, 4.69) is 47.5 Å². The molecule has 2 heteroatoms. The van der Waals surface area contributed by atoms with Crippen LogP contribution in [0.1, 0.15) is 25.3 Å². The highest BCUT2D eigenvalue weighted by Gasteiger charge is 2.44. The van der Waals surface area contributed by atoms with Crippen LogP contribution < -0.4 is 5.32 Å². The molecule has 2 heterocycles. The summed E-state index contributed by atoms with van der Waals surface area (Å²) >= 11 is 0. The second-order valence-corrected chi connectivity index (χ2v) is 5.83. The maximum absolute atomic E-state index is 3.56. The molecule has 2 unspecified atom stereocenters. The molecular formula is C15H22N2. The third kappa shape index (κ3) is 2.12. The molecule has 3 rings (SSSR count). The van der Waals surface area contributed by atoms with Gasteiger partial charge in [-0.2, -0.15) is 0 Å². The number of hydrogen-bond donors (Lipinski definition) is 1. The summed E-state index contributed by atoms with van der Waals surface area (Å²) < 4.78 is 0. The minimum absolute atomic E-state index is 0.556. The quantitative estimate of drug-likeness (QED) is 0.838. The predicted molar refractivity (Wildman–Crippen MR) is 70.9 cm³/mol. The van der Waals surface area contributed by atoms with Gasteiger partial charge >= 0.3 is 0 Å². The van der Waals surface area contributed by atoms with Gasteiger partial charge in [0.2, 0.25) is 0 Å². The zero-order chi connectivity index (χ0) is 11.7. The number of hydrogen-bond acceptors (Lipinski definition) is 2. The molecule has 1 aromatic rings. The molecule has 92 valence electrons. The van der Waals surface area contributed by atoms with E-state index in [1.807, 2.05) is 0 Å². The molecule has 2 aliphatic heterocycles. The first-order valence-corrected chi connectivity index (χ1v) is 6.77. The van der Waals surface area contributed by atoms with Crippen molar-refractivity contribution in [2.24, 2.45) is 5.41 Å². The van der Waals surface area contributed by atoms with E-state index in [1.165, 1.54) is 38.0 Å². The van der Waals surface area contributed by atoms with Crippen molar-refractivity contribution in [3.05, 3.63) is 35.9 Å². The summed E-state index contributed by atoms with van der Waals surface area (Å²) in [6, 6.07) is 11.6. The molecule has 0 spiro atoms. The van der Waals surface area contributed by atoms with Gasteiger partial charge < -0.3 is 5.32 Å². The van der Waals surface area contributed by atoms with Gasteiger partial charge in [-0.1, -0.05) is 37.3 Å². The van der Waals surface area contributed by atoms with Crippen LogP contribution in [0.4, 0.5) is 0 Å². The Balaban J connectivity index is 1.73. The van der Waals surface area contributed by atoms with Gasteiger partial charge in [-0.25, -0.2) is 0 Å². The summed E-state index contributed by atoms with van der Waals surface area (Å²) in [6.07, 6.45) is 2.70. The van der Waals surface area contributed by atoms with Crippen molar-refractivity contribution in [3.63, 3.8) is 0 Å². The first-order valence-electron chi connectivity index (χ1n) is 6.77. The van der Waals surface area contributed by atoms with E-state index in [1.54, 1.807) is 0 Å². The molecule has 2 saturated heterocycles. The summed E-state index contributed by atoms with van der Waals surface area (Å²) in [5.41, 5.74) is 2.00. The molecule has 0 amide bonds. The van der Waals surface area contributed by atoms with E-state index in [9.17, 15) is 0 Å². The normalized spacial score (nSPS) is 33.6. The molecule has 0 saturated carbocycles. The summed E-state index contributed by atoms with van der Waals surface area (Å²) in [5, 5.41) is 3.56. The van der Waals surface area contributed by atoms with Crippen LogP contribution in [0.25, 0.3) is 0 Å². The standard InChI is InChI=1S/C15H22N2/c1-15-7-9-16-11-14(15)17(10-8-15)12-13-5-3-2-4-6-13/h2-6,14,16H,7-12H2,1H3.